The van der Waals surface area contributed by atoms with E-state index in [4.69, 9.17) is 14.6 Å². The Morgan fingerprint density at radius 1 is 0.683 bits per heavy atom. The van der Waals surface area contributed by atoms with Crippen molar-refractivity contribution in [3.63, 3.8) is 0 Å². The van der Waals surface area contributed by atoms with Crippen LogP contribution in [0.5, 0.6) is 23.0 Å². The van der Waals surface area contributed by atoms with Gasteiger partial charge in [-0.05, 0) is 54.0 Å². The predicted octanol–water partition coefficient (Wildman–Crippen LogP) is 7.36. The van der Waals surface area contributed by atoms with Crippen molar-refractivity contribution < 1.29 is 39.2 Å². The zero-order valence-electron chi connectivity index (χ0n) is 24.4. The third-order valence-corrected chi connectivity index (χ3v) is 6.17. The van der Waals surface area contributed by atoms with E-state index in [0.717, 1.165) is 12.8 Å². The fraction of sp³-hybridized carbons (Fsp3) is 0.424. The topological polar surface area (TPSA) is 130 Å². The molecule has 2 aromatic rings. The first-order chi connectivity index (χ1) is 19.7. The molecule has 0 aliphatic rings. The molecule has 3 N–H and O–H groups in total. The van der Waals surface area contributed by atoms with Gasteiger partial charge in [0.15, 0.2) is 34.6 Å². The largest absolute Gasteiger partial charge is 0.504 e. The fourth-order valence-corrected chi connectivity index (χ4v) is 3.85. The maximum atomic E-state index is 11.9. The Hall–Kier alpha value is -4.07. The molecule has 8 heteroatoms. The summed E-state index contributed by atoms with van der Waals surface area (Å²) < 4.78 is 10.00. The van der Waals surface area contributed by atoms with Crippen molar-refractivity contribution in [1.29, 1.82) is 0 Å². The van der Waals surface area contributed by atoms with Gasteiger partial charge in [-0.25, -0.2) is 0 Å². The van der Waals surface area contributed by atoms with E-state index in [1.807, 2.05) is 0 Å². The van der Waals surface area contributed by atoms with Crippen LogP contribution in [0.4, 0.5) is 0 Å². The molecule has 0 radical (unpaired) electrons. The number of carbonyl (C=O) groups excluding carboxylic acids is 2. The standard InChI is InChI=1S/C21H20O6.C12H24O2/c1-26-20-11-14(5-9-18(20)24)3-7-16(22)13-17(23)8-4-15-6-10-19(25)21(12-15)27-2;1-2-3-4-5-6-7-8-9-10-11-12(13)14/h3-12,24-25H,13H2,1-2H3;2-11H2,1H3,(H,13,14)/b7-3+,8-4+;. The second kappa shape index (κ2) is 20.8. The van der Waals surface area contributed by atoms with E-state index >= 15 is 0 Å². The Morgan fingerprint density at radius 3 is 1.49 bits per heavy atom. The Balaban J connectivity index is 0.000000509. The number of phenols is 2. The molecule has 0 bridgehead atoms. The van der Waals surface area contributed by atoms with Crippen molar-refractivity contribution in [3.05, 3.63) is 59.7 Å². The van der Waals surface area contributed by atoms with Gasteiger partial charge in [0, 0.05) is 6.42 Å². The van der Waals surface area contributed by atoms with Gasteiger partial charge >= 0.3 is 5.97 Å². The molecule has 0 aliphatic heterocycles. The van der Waals surface area contributed by atoms with Gasteiger partial charge in [-0.1, -0.05) is 82.6 Å². The summed E-state index contributed by atoms with van der Waals surface area (Å²) in [4.78, 5) is 34.1. The summed E-state index contributed by atoms with van der Waals surface area (Å²) >= 11 is 0. The Labute approximate surface area is 243 Å². The molecule has 0 heterocycles. The Bertz CT molecular complexity index is 1080. The first-order valence-corrected chi connectivity index (χ1v) is 14.1. The molecule has 224 valence electrons. The Morgan fingerprint density at radius 2 is 1.10 bits per heavy atom. The third kappa shape index (κ3) is 15.9. The number of hydrogen-bond acceptors (Lipinski definition) is 7. The normalized spacial score (nSPS) is 10.8. The number of carboxylic acids is 1. The van der Waals surface area contributed by atoms with E-state index in [9.17, 15) is 24.6 Å². The van der Waals surface area contributed by atoms with Crippen LogP contribution < -0.4 is 9.47 Å². The number of rotatable bonds is 18. The molecule has 0 spiro atoms. The Kier molecular flexibility index (Phi) is 17.7. The molecule has 0 aromatic heterocycles. The second-order valence-electron chi connectivity index (χ2n) is 9.61. The van der Waals surface area contributed by atoms with Crippen LogP contribution in [0.15, 0.2) is 48.6 Å². The summed E-state index contributed by atoms with van der Waals surface area (Å²) in [6.07, 6.45) is 16.9. The van der Waals surface area contributed by atoms with Gasteiger partial charge in [-0.2, -0.15) is 0 Å². The third-order valence-electron chi connectivity index (χ3n) is 6.17. The van der Waals surface area contributed by atoms with Gasteiger partial charge in [0.25, 0.3) is 0 Å². The van der Waals surface area contributed by atoms with Crippen molar-refractivity contribution >= 4 is 29.7 Å². The summed E-state index contributed by atoms with van der Waals surface area (Å²) in [5.41, 5.74) is 1.33. The van der Waals surface area contributed by atoms with Gasteiger partial charge in [0.2, 0.25) is 0 Å². The lowest BCUT2D eigenvalue weighted by Crippen LogP contribution is -2.01. The molecule has 0 saturated heterocycles. The highest BCUT2D eigenvalue weighted by Gasteiger charge is 2.06. The molecule has 0 unspecified atom stereocenters. The molecular formula is C33H44O8. The second-order valence-corrected chi connectivity index (χ2v) is 9.61. The molecule has 0 fully saturated rings. The SMILES string of the molecule is CCCCCCCCCCCC(=O)O.COc1cc(/C=C/C(=O)CC(=O)/C=C/c2ccc(O)c(OC)c2)ccc1O. The van der Waals surface area contributed by atoms with E-state index in [1.54, 1.807) is 36.4 Å². The highest BCUT2D eigenvalue weighted by atomic mass is 16.5. The van der Waals surface area contributed by atoms with Crippen LogP contribution in [-0.4, -0.2) is 47.1 Å². The summed E-state index contributed by atoms with van der Waals surface area (Å²) in [5, 5.41) is 27.5. The monoisotopic (exact) mass is 568 g/mol. The number of phenolic OH excluding ortho intramolecular Hbond substituents is 2. The van der Waals surface area contributed by atoms with Crippen LogP contribution in [0.2, 0.25) is 0 Å². The van der Waals surface area contributed by atoms with Crippen LogP contribution in [0.1, 0.15) is 88.7 Å². The maximum Gasteiger partial charge on any atom is 0.303 e. The molecule has 41 heavy (non-hydrogen) atoms. The van der Waals surface area contributed by atoms with Gasteiger partial charge in [0.1, 0.15) is 0 Å². The fourth-order valence-electron chi connectivity index (χ4n) is 3.85. The van der Waals surface area contributed by atoms with E-state index in [1.165, 1.54) is 83.5 Å². The number of carboxylic acid groups (broad SMARTS) is 1. The minimum absolute atomic E-state index is 0.00662. The minimum Gasteiger partial charge on any atom is -0.504 e. The number of aliphatic carboxylic acids is 1. The van der Waals surface area contributed by atoms with E-state index < -0.39 is 5.97 Å². The quantitative estimate of drug-likeness (QED) is 0.0966. The van der Waals surface area contributed by atoms with Crippen molar-refractivity contribution in [2.45, 2.75) is 77.6 Å². The van der Waals surface area contributed by atoms with Crippen molar-refractivity contribution in [2.24, 2.45) is 0 Å². The van der Waals surface area contributed by atoms with Gasteiger partial charge in [-0.3, -0.25) is 14.4 Å². The smallest absolute Gasteiger partial charge is 0.303 e. The van der Waals surface area contributed by atoms with Crippen LogP contribution >= 0.6 is 0 Å². The molecular weight excluding hydrogens is 524 g/mol. The molecule has 0 amide bonds. The van der Waals surface area contributed by atoms with Crippen LogP contribution in [0, 0.1) is 0 Å². The van der Waals surface area contributed by atoms with Gasteiger partial charge in [0.05, 0.1) is 20.6 Å². The lowest BCUT2D eigenvalue weighted by molar-refractivity contribution is -0.137. The lowest BCUT2D eigenvalue weighted by atomic mass is 10.1. The van der Waals surface area contributed by atoms with Crippen molar-refractivity contribution in [3.8, 4) is 23.0 Å². The first-order valence-electron chi connectivity index (χ1n) is 14.1. The van der Waals surface area contributed by atoms with Crippen molar-refractivity contribution in [1.82, 2.24) is 0 Å². The average Bonchev–Trinajstić information content (AvgIpc) is 2.95. The summed E-state index contributed by atoms with van der Waals surface area (Å²) in [7, 11) is 2.87. The number of aromatic hydroxyl groups is 2. The highest BCUT2D eigenvalue weighted by molar-refractivity contribution is 6.10. The van der Waals surface area contributed by atoms with E-state index in [-0.39, 0.29) is 29.5 Å². The van der Waals surface area contributed by atoms with Crippen LogP contribution in [0.3, 0.4) is 0 Å². The minimum atomic E-state index is -0.659. The van der Waals surface area contributed by atoms with Gasteiger partial charge < -0.3 is 24.8 Å². The predicted molar refractivity (Wildman–Crippen MR) is 161 cm³/mol. The lowest BCUT2D eigenvalue weighted by Gasteiger charge is -2.03. The van der Waals surface area contributed by atoms with E-state index in [2.05, 4.69) is 6.92 Å². The van der Waals surface area contributed by atoms with E-state index in [0.29, 0.717) is 29.0 Å². The number of carbonyl (C=O) groups is 3. The number of unbranched alkanes of at least 4 members (excludes halogenated alkanes) is 8. The molecule has 0 saturated carbocycles. The number of benzene rings is 2. The summed E-state index contributed by atoms with van der Waals surface area (Å²) in [5.74, 6) is -0.743. The average molecular weight is 569 g/mol. The van der Waals surface area contributed by atoms with Crippen LogP contribution in [-0.2, 0) is 14.4 Å². The maximum absolute atomic E-state index is 11.9. The summed E-state index contributed by atoms with van der Waals surface area (Å²) in [6.45, 7) is 2.23. The number of ether oxygens (including phenoxy) is 2. The molecule has 0 aliphatic carbocycles. The van der Waals surface area contributed by atoms with Crippen molar-refractivity contribution in [2.75, 3.05) is 14.2 Å². The number of hydrogen-bond donors (Lipinski definition) is 3. The number of allylic oxidation sites excluding steroid dienone is 2. The zero-order valence-corrected chi connectivity index (χ0v) is 24.4. The zero-order chi connectivity index (χ0) is 30.5. The first kappa shape index (κ1) is 35.0. The molecule has 2 aromatic carbocycles. The highest BCUT2D eigenvalue weighted by Crippen LogP contribution is 2.27. The molecule has 0 atom stereocenters. The molecule has 8 nitrogen and oxygen atoms in total. The summed E-state index contributed by atoms with van der Waals surface area (Å²) in [6, 6.07) is 9.34. The number of ketones is 2. The van der Waals surface area contributed by atoms with Crippen LogP contribution in [0.25, 0.3) is 12.2 Å². The van der Waals surface area contributed by atoms with Gasteiger partial charge in [-0.15, -0.1) is 0 Å². The number of methoxy groups -OCH3 is 2. The molecule has 2 rings (SSSR count).